The average Bonchev–Trinajstić information content (AvgIpc) is 3.36. The fraction of sp³-hybridized carbons (Fsp3) is 0.179. The number of benzene rings is 2. The van der Waals surface area contributed by atoms with Crippen molar-refractivity contribution in [3.8, 4) is 22.8 Å². The third kappa shape index (κ3) is 5.37. The highest BCUT2D eigenvalue weighted by Gasteiger charge is 2.28. The number of hydrazine groups is 1. The summed E-state index contributed by atoms with van der Waals surface area (Å²) in [5, 5.41) is 5.09. The summed E-state index contributed by atoms with van der Waals surface area (Å²) in [7, 11) is 0. The number of para-hydroxylation sites is 1. The first-order valence-electron chi connectivity index (χ1n) is 12.5. The van der Waals surface area contributed by atoms with E-state index >= 15 is 4.39 Å². The molecule has 0 bridgehead atoms. The Morgan fingerprint density at radius 3 is 2.52 bits per heavy atom. The summed E-state index contributed by atoms with van der Waals surface area (Å²) in [4.78, 5) is 31.7. The van der Waals surface area contributed by atoms with E-state index in [1.54, 1.807) is 28.9 Å². The zero-order valence-corrected chi connectivity index (χ0v) is 21.2. The molecule has 1 fully saturated rings. The lowest BCUT2D eigenvalue weighted by Gasteiger charge is -2.24. The summed E-state index contributed by atoms with van der Waals surface area (Å²) >= 11 is 0. The number of nitrogens with two attached hydrogens (primary N) is 1. The molecule has 0 spiro atoms. The standard InChI is InChI=1S/C28H25F2N7O3/c1-2-22(38)34-35-28(39)24(30)16-8-10-17(11-9-16)37-27-23(26(31)32-15-33-27)25(36-37)20-13-12-19(14-21(20)29)40-18-6-4-3-5-7-18/h2-7,12-15,17H,1,8-11H2,(H,34,38)(H,35,39)(H2,31,32,33). The molecule has 0 aliphatic heterocycles. The maximum absolute atomic E-state index is 15.4. The Labute approximate surface area is 227 Å². The third-order valence-electron chi connectivity index (χ3n) is 6.59. The van der Waals surface area contributed by atoms with Gasteiger partial charge in [-0.1, -0.05) is 24.8 Å². The molecule has 0 radical (unpaired) electrons. The van der Waals surface area contributed by atoms with Crippen molar-refractivity contribution in [2.45, 2.75) is 31.7 Å². The molecule has 5 rings (SSSR count). The fourth-order valence-corrected chi connectivity index (χ4v) is 4.61. The maximum Gasteiger partial charge on any atom is 0.298 e. The molecule has 1 aliphatic carbocycles. The van der Waals surface area contributed by atoms with Crippen LogP contribution in [0.2, 0.25) is 0 Å². The number of nitrogens with one attached hydrogen (secondary N) is 2. The Morgan fingerprint density at radius 1 is 1.07 bits per heavy atom. The van der Waals surface area contributed by atoms with Crippen molar-refractivity contribution in [1.82, 2.24) is 30.6 Å². The van der Waals surface area contributed by atoms with E-state index in [9.17, 15) is 14.0 Å². The SMILES string of the molecule is C=CC(=O)NNC(=O)C(F)=C1CCC(n2nc(-c3ccc(Oc4ccccc4)cc3F)c3c(N)ncnc32)CC1. The van der Waals surface area contributed by atoms with Crippen LogP contribution in [0.4, 0.5) is 14.6 Å². The first-order chi connectivity index (χ1) is 19.4. The molecule has 2 aromatic carbocycles. The summed E-state index contributed by atoms with van der Waals surface area (Å²) < 4.78 is 37.5. The van der Waals surface area contributed by atoms with E-state index < -0.39 is 23.5 Å². The van der Waals surface area contributed by atoms with Crippen molar-refractivity contribution in [3.63, 3.8) is 0 Å². The molecule has 0 unspecified atom stereocenters. The van der Waals surface area contributed by atoms with Gasteiger partial charge in [-0.3, -0.25) is 20.4 Å². The second-order valence-corrected chi connectivity index (χ2v) is 9.10. The number of hydrogen-bond acceptors (Lipinski definition) is 7. The van der Waals surface area contributed by atoms with E-state index in [4.69, 9.17) is 10.5 Å². The lowest BCUT2D eigenvalue weighted by Crippen LogP contribution is -2.41. The Morgan fingerprint density at radius 2 is 1.82 bits per heavy atom. The number of fused-ring (bicyclic) bond motifs is 1. The smallest absolute Gasteiger partial charge is 0.298 e. The van der Waals surface area contributed by atoms with Gasteiger partial charge < -0.3 is 10.5 Å². The van der Waals surface area contributed by atoms with Gasteiger partial charge in [-0.2, -0.15) is 5.10 Å². The fourth-order valence-electron chi connectivity index (χ4n) is 4.61. The van der Waals surface area contributed by atoms with E-state index in [0.29, 0.717) is 40.9 Å². The molecule has 0 atom stereocenters. The van der Waals surface area contributed by atoms with Gasteiger partial charge >= 0.3 is 0 Å². The van der Waals surface area contributed by atoms with Crippen molar-refractivity contribution < 1.29 is 23.1 Å². The van der Waals surface area contributed by atoms with Gasteiger partial charge in [0.05, 0.1) is 11.4 Å². The van der Waals surface area contributed by atoms with E-state index in [2.05, 4.69) is 21.6 Å². The molecule has 12 heteroatoms. The highest BCUT2D eigenvalue weighted by atomic mass is 19.1. The van der Waals surface area contributed by atoms with E-state index in [0.717, 1.165) is 6.08 Å². The van der Waals surface area contributed by atoms with Crippen molar-refractivity contribution >= 4 is 28.7 Å². The van der Waals surface area contributed by atoms with Gasteiger partial charge in [-0.15, -0.1) is 0 Å². The van der Waals surface area contributed by atoms with Crippen LogP contribution >= 0.6 is 0 Å². The number of anilines is 1. The lowest BCUT2D eigenvalue weighted by molar-refractivity contribution is -0.125. The van der Waals surface area contributed by atoms with Gasteiger partial charge in [0.15, 0.2) is 11.5 Å². The molecule has 1 saturated carbocycles. The molecule has 204 valence electrons. The normalized spacial score (nSPS) is 14.9. The largest absolute Gasteiger partial charge is 0.457 e. The molecular formula is C28H25F2N7O3. The predicted molar refractivity (Wildman–Crippen MR) is 144 cm³/mol. The van der Waals surface area contributed by atoms with Gasteiger partial charge in [-0.25, -0.2) is 23.4 Å². The number of aromatic nitrogens is 4. The number of nitrogen functional groups attached to an aromatic ring is 1. The predicted octanol–water partition coefficient (Wildman–Crippen LogP) is 4.68. The number of nitrogens with zero attached hydrogens (tertiary/aromatic N) is 4. The number of allylic oxidation sites excluding steroid dienone is 1. The average molecular weight is 546 g/mol. The molecule has 4 N–H and O–H groups in total. The summed E-state index contributed by atoms with van der Waals surface area (Å²) in [5.41, 5.74) is 11.5. The minimum Gasteiger partial charge on any atom is -0.457 e. The lowest BCUT2D eigenvalue weighted by atomic mass is 9.90. The van der Waals surface area contributed by atoms with Crippen LogP contribution in [-0.2, 0) is 9.59 Å². The van der Waals surface area contributed by atoms with Gasteiger partial charge in [0.2, 0.25) is 0 Å². The summed E-state index contributed by atoms with van der Waals surface area (Å²) in [6, 6.07) is 13.3. The molecule has 0 saturated heterocycles. The second-order valence-electron chi connectivity index (χ2n) is 9.10. The number of hydrogen-bond donors (Lipinski definition) is 3. The van der Waals surface area contributed by atoms with Crippen LogP contribution < -0.4 is 21.3 Å². The minimum atomic E-state index is -1.04. The highest BCUT2D eigenvalue weighted by Crippen LogP contribution is 2.39. The molecule has 10 nitrogen and oxygen atoms in total. The Bertz CT molecular complexity index is 1630. The van der Waals surface area contributed by atoms with Crippen LogP contribution in [0.15, 0.2) is 78.9 Å². The molecule has 2 amide bonds. The Kier molecular flexibility index (Phi) is 7.49. The number of halogens is 2. The molecule has 1 aliphatic rings. The minimum absolute atomic E-state index is 0.149. The van der Waals surface area contributed by atoms with Crippen LogP contribution in [-0.4, -0.2) is 31.6 Å². The number of amides is 2. The first kappa shape index (κ1) is 26.5. The number of carbonyl (C=O) groups excluding carboxylic acids is 2. The zero-order valence-electron chi connectivity index (χ0n) is 21.2. The molecular weight excluding hydrogens is 520 g/mol. The van der Waals surface area contributed by atoms with Crippen molar-refractivity contribution in [3.05, 3.63) is 84.7 Å². The highest BCUT2D eigenvalue weighted by molar-refractivity contribution is 5.98. The van der Waals surface area contributed by atoms with Crippen LogP contribution in [0.25, 0.3) is 22.3 Å². The molecule has 4 aromatic rings. The summed E-state index contributed by atoms with van der Waals surface area (Å²) in [6.45, 7) is 3.26. The maximum atomic E-state index is 15.4. The molecule has 2 aromatic heterocycles. The van der Waals surface area contributed by atoms with Crippen LogP contribution in [0.5, 0.6) is 11.5 Å². The van der Waals surface area contributed by atoms with Crippen molar-refractivity contribution in [2.75, 3.05) is 5.73 Å². The van der Waals surface area contributed by atoms with Gasteiger partial charge in [0.25, 0.3) is 11.8 Å². The number of carbonyl (C=O) groups is 2. The molecule has 2 heterocycles. The monoisotopic (exact) mass is 545 g/mol. The van der Waals surface area contributed by atoms with Crippen molar-refractivity contribution in [2.24, 2.45) is 0 Å². The Hall–Kier alpha value is -5.13. The van der Waals surface area contributed by atoms with Crippen LogP contribution in [0.1, 0.15) is 31.7 Å². The van der Waals surface area contributed by atoms with E-state index in [1.165, 1.54) is 12.4 Å². The second kappa shape index (κ2) is 11.3. The van der Waals surface area contributed by atoms with Crippen LogP contribution in [0.3, 0.4) is 0 Å². The topological polar surface area (TPSA) is 137 Å². The molecule has 40 heavy (non-hydrogen) atoms. The number of rotatable bonds is 6. The quantitative estimate of drug-likeness (QED) is 0.236. The summed E-state index contributed by atoms with van der Waals surface area (Å²) in [5.74, 6) is -2.16. The third-order valence-corrected chi connectivity index (χ3v) is 6.59. The first-order valence-corrected chi connectivity index (χ1v) is 12.5. The zero-order chi connectivity index (χ0) is 28.2. The van der Waals surface area contributed by atoms with Gasteiger partial charge in [-0.05, 0) is 61.6 Å². The van der Waals surface area contributed by atoms with E-state index in [-0.39, 0.29) is 36.0 Å². The van der Waals surface area contributed by atoms with E-state index in [1.807, 2.05) is 29.1 Å². The van der Waals surface area contributed by atoms with Gasteiger partial charge in [0, 0.05) is 11.6 Å². The van der Waals surface area contributed by atoms with Gasteiger partial charge in [0.1, 0.15) is 35.2 Å². The Balaban J connectivity index is 1.40. The van der Waals surface area contributed by atoms with Crippen LogP contribution in [0, 0.1) is 5.82 Å². The van der Waals surface area contributed by atoms with Crippen molar-refractivity contribution in [1.29, 1.82) is 0 Å². The number of ether oxygens (including phenoxy) is 1. The summed E-state index contributed by atoms with van der Waals surface area (Å²) in [6.07, 6.45) is 3.70.